The molecule has 3 amide bonds. The zero-order valence-corrected chi connectivity index (χ0v) is 13.0. The number of amides is 3. The highest BCUT2D eigenvalue weighted by Crippen LogP contribution is 2.30. The van der Waals surface area contributed by atoms with Gasteiger partial charge in [0.1, 0.15) is 11.9 Å². The fourth-order valence-electron chi connectivity index (χ4n) is 1.95. The standard InChI is InChI=1S/C15H19F4N3O2/c1-2-3-4-12(13(20)23)22-14(24)21-8-9-5-6-10(7-11(9)16)15(17,18)19/h5-7,12H,2-4,8H2,1H3,(H2,20,23)(H2,21,22,24). The lowest BCUT2D eigenvalue weighted by atomic mass is 10.1. The number of hydrogen-bond donors (Lipinski definition) is 3. The molecule has 0 radical (unpaired) electrons. The summed E-state index contributed by atoms with van der Waals surface area (Å²) >= 11 is 0. The van der Waals surface area contributed by atoms with Gasteiger partial charge in [0.15, 0.2) is 0 Å². The van der Waals surface area contributed by atoms with Crippen molar-refractivity contribution in [1.82, 2.24) is 10.6 Å². The molecule has 5 nitrogen and oxygen atoms in total. The first-order valence-corrected chi connectivity index (χ1v) is 7.34. The van der Waals surface area contributed by atoms with E-state index in [0.717, 1.165) is 18.6 Å². The van der Waals surface area contributed by atoms with E-state index in [1.165, 1.54) is 0 Å². The number of nitrogens with one attached hydrogen (secondary N) is 2. The van der Waals surface area contributed by atoms with Crippen molar-refractivity contribution >= 4 is 11.9 Å². The van der Waals surface area contributed by atoms with Gasteiger partial charge in [0.2, 0.25) is 5.91 Å². The molecular formula is C15H19F4N3O2. The van der Waals surface area contributed by atoms with Gasteiger partial charge in [0.05, 0.1) is 5.56 Å². The van der Waals surface area contributed by atoms with Crippen molar-refractivity contribution in [3.63, 3.8) is 0 Å². The van der Waals surface area contributed by atoms with Crippen LogP contribution in [-0.4, -0.2) is 18.0 Å². The van der Waals surface area contributed by atoms with E-state index in [1.807, 2.05) is 6.92 Å². The monoisotopic (exact) mass is 349 g/mol. The molecule has 4 N–H and O–H groups in total. The average molecular weight is 349 g/mol. The molecular weight excluding hydrogens is 330 g/mol. The van der Waals surface area contributed by atoms with Crippen molar-refractivity contribution in [2.24, 2.45) is 5.73 Å². The third kappa shape index (κ3) is 6.05. The van der Waals surface area contributed by atoms with E-state index in [9.17, 15) is 27.2 Å². The third-order valence-electron chi connectivity index (χ3n) is 3.31. The van der Waals surface area contributed by atoms with Crippen molar-refractivity contribution in [2.45, 2.75) is 44.9 Å². The summed E-state index contributed by atoms with van der Waals surface area (Å²) in [6.07, 6.45) is -2.78. The number of primary amides is 1. The van der Waals surface area contributed by atoms with Gasteiger partial charge in [-0.15, -0.1) is 0 Å². The Kier molecular flexibility index (Phi) is 6.99. The van der Waals surface area contributed by atoms with E-state index in [2.05, 4.69) is 10.6 Å². The SMILES string of the molecule is CCCCC(NC(=O)NCc1ccc(C(F)(F)F)cc1F)C(N)=O. The number of urea groups is 1. The molecule has 0 spiro atoms. The predicted molar refractivity (Wildman–Crippen MR) is 79.3 cm³/mol. The fraction of sp³-hybridized carbons (Fsp3) is 0.467. The van der Waals surface area contributed by atoms with Crippen molar-refractivity contribution in [3.8, 4) is 0 Å². The maximum absolute atomic E-state index is 13.6. The van der Waals surface area contributed by atoms with Crippen LogP contribution in [0.15, 0.2) is 18.2 Å². The molecule has 1 rings (SSSR count). The largest absolute Gasteiger partial charge is 0.416 e. The molecule has 24 heavy (non-hydrogen) atoms. The number of carbonyl (C=O) groups is 2. The number of carbonyl (C=O) groups excluding carboxylic acids is 2. The lowest BCUT2D eigenvalue weighted by molar-refractivity contribution is -0.137. The second kappa shape index (κ2) is 8.51. The molecule has 0 saturated heterocycles. The summed E-state index contributed by atoms with van der Waals surface area (Å²) < 4.78 is 51.0. The molecule has 0 aromatic heterocycles. The van der Waals surface area contributed by atoms with Crippen molar-refractivity contribution in [2.75, 3.05) is 0 Å². The number of hydrogen-bond acceptors (Lipinski definition) is 2. The summed E-state index contributed by atoms with van der Waals surface area (Å²) in [6.45, 7) is 1.58. The van der Waals surface area contributed by atoms with Gasteiger partial charge in [-0.2, -0.15) is 13.2 Å². The highest BCUT2D eigenvalue weighted by molar-refractivity contribution is 5.85. The molecule has 0 saturated carbocycles. The van der Waals surface area contributed by atoms with Gasteiger partial charge < -0.3 is 16.4 Å². The van der Waals surface area contributed by atoms with Gasteiger partial charge in [0, 0.05) is 12.1 Å². The van der Waals surface area contributed by atoms with Crippen molar-refractivity contribution in [1.29, 1.82) is 0 Å². The smallest absolute Gasteiger partial charge is 0.368 e. The summed E-state index contributed by atoms with van der Waals surface area (Å²) in [5, 5.41) is 4.63. The Morgan fingerprint density at radius 1 is 1.29 bits per heavy atom. The van der Waals surface area contributed by atoms with Crippen molar-refractivity contribution < 1.29 is 27.2 Å². The van der Waals surface area contributed by atoms with E-state index in [4.69, 9.17) is 5.73 Å². The van der Waals surface area contributed by atoms with E-state index < -0.39 is 35.5 Å². The van der Waals surface area contributed by atoms with Gasteiger partial charge in [0.25, 0.3) is 0 Å². The first-order valence-electron chi connectivity index (χ1n) is 7.34. The van der Waals surface area contributed by atoms with Crippen LogP contribution in [0.3, 0.4) is 0 Å². The van der Waals surface area contributed by atoms with Gasteiger partial charge >= 0.3 is 12.2 Å². The Bertz CT molecular complexity index is 591. The average Bonchev–Trinajstić information content (AvgIpc) is 2.48. The number of alkyl halides is 3. The molecule has 1 aromatic carbocycles. The highest BCUT2D eigenvalue weighted by atomic mass is 19.4. The topological polar surface area (TPSA) is 84.2 Å². The normalized spacial score (nSPS) is 12.5. The maximum atomic E-state index is 13.6. The molecule has 1 unspecified atom stereocenters. The van der Waals surface area contributed by atoms with Crippen LogP contribution in [0.1, 0.15) is 37.3 Å². The summed E-state index contributed by atoms with van der Waals surface area (Å²) in [5.74, 6) is -1.78. The Morgan fingerprint density at radius 2 is 1.96 bits per heavy atom. The minimum absolute atomic E-state index is 0.109. The predicted octanol–water partition coefficient (Wildman–Crippen LogP) is 2.69. The molecule has 0 heterocycles. The number of benzene rings is 1. The summed E-state index contributed by atoms with van der Waals surface area (Å²) in [5.41, 5.74) is 3.95. The Morgan fingerprint density at radius 3 is 2.46 bits per heavy atom. The van der Waals surface area contributed by atoms with Crippen LogP contribution in [0.4, 0.5) is 22.4 Å². The highest BCUT2D eigenvalue weighted by Gasteiger charge is 2.31. The molecule has 134 valence electrons. The molecule has 0 aliphatic heterocycles. The minimum atomic E-state index is -4.64. The van der Waals surface area contributed by atoms with Crippen LogP contribution in [0.25, 0.3) is 0 Å². The number of halogens is 4. The lowest BCUT2D eigenvalue weighted by Gasteiger charge is -2.16. The summed E-state index contributed by atoms with van der Waals surface area (Å²) in [4.78, 5) is 22.9. The minimum Gasteiger partial charge on any atom is -0.368 e. The van der Waals surface area contributed by atoms with Crippen LogP contribution >= 0.6 is 0 Å². The van der Waals surface area contributed by atoms with E-state index >= 15 is 0 Å². The summed E-state index contributed by atoms with van der Waals surface area (Å²) in [6, 6.07) is 0.422. The molecule has 9 heteroatoms. The second-order valence-electron chi connectivity index (χ2n) is 5.23. The zero-order valence-electron chi connectivity index (χ0n) is 13.0. The first-order chi connectivity index (χ1) is 11.1. The molecule has 0 bridgehead atoms. The van der Waals surface area contributed by atoms with Gasteiger partial charge in [-0.05, 0) is 18.6 Å². The van der Waals surface area contributed by atoms with Crippen LogP contribution in [-0.2, 0) is 17.5 Å². The first kappa shape index (κ1) is 19.7. The number of rotatable bonds is 7. The van der Waals surface area contributed by atoms with Crippen LogP contribution in [0.5, 0.6) is 0 Å². The Balaban J connectivity index is 2.62. The molecule has 0 fully saturated rings. The van der Waals surface area contributed by atoms with Gasteiger partial charge in [-0.1, -0.05) is 25.8 Å². The molecule has 1 atom stereocenters. The van der Waals surface area contributed by atoms with E-state index in [1.54, 1.807) is 0 Å². The molecule has 0 aliphatic rings. The van der Waals surface area contributed by atoms with Crippen LogP contribution in [0, 0.1) is 5.82 Å². The second-order valence-corrected chi connectivity index (χ2v) is 5.23. The van der Waals surface area contributed by atoms with E-state index in [-0.39, 0.29) is 12.1 Å². The third-order valence-corrected chi connectivity index (χ3v) is 3.31. The molecule has 1 aromatic rings. The number of nitrogens with two attached hydrogens (primary N) is 1. The Labute approximate surface area is 136 Å². The fourth-order valence-corrected chi connectivity index (χ4v) is 1.95. The van der Waals surface area contributed by atoms with Crippen LogP contribution < -0.4 is 16.4 Å². The molecule has 0 aliphatic carbocycles. The quantitative estimate of drug-likeness (QED) is 0.661. The van der Waals surface area contributed by atoms with Crippen LogP contribution in [0.2, 0.25) is 0 Å². The Hall–Kier alpha value is -2.32. The maximum Gasteiger partial charge on any atom is 0.416 e. The number of unbranched alkanes of at least 4 members (excludes halogenated alkanes) is 1. The zero-order chi connectivity index (χ0) is 18.3. The summed E-state index contributed by atoms with van der Waals surface area (Å²) in [7, 11) is 0. The lowest BCUT2D eigenvalue weighted by Crippen LogP contribution is -2.48. The van der Waals surface area contributed by atoms with Gasteiger partial charge in [-0.25, -0.2) is 9.18 Å². The van der Waals surface area contributed by atoms with Gasteiger partial charge in [-0.3, -0.25) is 4.79 Å². The van der Waals surface area contributed by atoms with E-state index in [0.29, 0.717) is 18.9 Å². The van der Waals surface area contributed by atoms with Crippen molar-refractivity contribution in [3.05, 3.63) is 35.1 Å².